The molecule has 8 heteroatoms. The maximum atomic E-state index is 10.9. The summed E-state index contributed by atoms with van der Waals surface area (Å²) < 4.78 is 0. The molecule has 0 heterocycles. The average Bonchev–Trinajstić information content (AvgIpc) is 2.47. The van der Waals surface area contributed by atoms with Crippen LogP contribution in [0.1, 0.15) is 20.7 Å². The zero-order chi connectivity index (χ0) is 16.3. The van der Waals surface area contributed by atoms with E-state index < -0.39 is 23.4 Å². The minimum Gasteiger partial charge on any atom is -0.507 e. The highest BCUT2D eigenvalue weighted by Crippen LogP contribution is 2.27. The Morgan fingerprint density at radius 2 is 1.09 bits per heavy atom. The van der Waals surface area contributed by atoms with E-state index in [9.17, 15) is 19.8 Å². The van der Waals surface area contributed by atoms with Crippen molar-refractivity contribution in [2.45, 2.75) is 0 Å². The summed E-state index contributed by atoms with van der Waals surface area (Å²) in [6.07, 6.45) is 0. The predicted octanol–water partition coefficient (Wildman–Crippen LogP) is 2.91. The molecule has 2 aromatic rings. The van der Waals surface area contributed by atoms with Gasteiger partial charge in [-0.15, -0.1) is 0 Å². The van der Waals surface area contributed by atoms with Gasteiger partial charge in [0.05, 0.1) is 11.4 Å². The zero-order valence-electron chi connectivity index (χ0n) is 11.0. The molecule has 0 amide bonds. The van der Waals surface area contributed by atoms with E-state index in [1.54, 1.807) is 0 Å². The quantitative estimate of drug-likeness (QED) is 0.640. The summed E-state index contributed by atoms with van der Waals surface area (Å²) in [5.41, 5.74) is -0.318. The van der Waals surface area contributed by atoms with Crippen molar-refractivity contribution in [3.05, 3.63) is 47.5 Å². The summed E-state index contributed by atoms with van der Waals surface area (Å²) >= 11 is 0. The first-order valence-electron chi connectivity index (χ1n) is 5.93. The standard InChI is InChI=1S/C14H10N2O6/c17-11-3-1-7(5-9(11)13(19)20)15-16-8-2-4-12(18)10(6-8)14(21)22/h1-6,17-18H,(H,19,20)(H,21,22)/i1+1,3+1,5+1,7+1,9+1,11+1. The van der Waals surface area contributed by atoms with Crippen LogP contribution in [0.5, 0.6) is 11.5 Å². The Bertz CT molecular complexity index is 719. The lowest BCUT2D eigenvalue weighted by atomic mass is 10.2. The first kappa shape index (κ1) is 15.0. The summed E-state index contributed by atoms with van der Waals surface area (Å²) in [5, 5.41) is 44.0. The fourth-order valence-corrected chi connectivity index (χ4v) is 1.63. The maximum absolute atomic E-state index is 10.9. The molecule has 0 bridgehead atoms. The van der Waals surface area contributed by atoms with Crippen LogP contribution in [-0.2, 0) is 0 Å². The number of aromatic carboxylic acids is 2. The van der Waals surface area contributed by atoms with Crippen molar-refractivity contribution < 1.29 is 30.0 Å². The van der Waals surface area contributed by atoms with Crippen LogP contribution >= 0.6 is 0 Å². The number of hydrogen-bond donors (Lipinski definition) is 4. The van der Waals surface area contributed by atoms with Crippen LogP contribution in [0.15, 0.2) is 46.6 Å². The normalized spacial score (nSPS) is 10.7. The van der Waals surface area contributed by atoms with Crippen LogP contribution < -0.4 is 0 Å². The second kappa shape index (κ2) is 5.92. The number of carboxylic acids is 2. The van der Waals surface area contributed by atoms with Crippen LogP contribution in [-0.4, -0.2) is 32.4 Å². The Morgan fingerprint density at radius 1 is 0.727 bits per heavy atom. The molecule has 4 N–H and O–H groups in total. The molecule has 0 atom stereocenters. The Hall–Kier alpha value is -3.42. The molecule has 0 aromatic heterocycles. The first-order chi connectivity index (χ1) is 10.4. The van der Waals surface area contributed by atoms with Crippen molar-refractivity contribution in [1.29, 1.82) is 0 Å². The van der Waals surface area contributed by atoms with E-state index in [1.807, 2.05) is 0 Å². The van der Waals surface area contributed by atoms with E-state index in [4.69, 9.17) is 10.2 Å². The molecule has 8 nitrogen and oxygen atoms in total. The Labute approximate surface area is 123 Å². The van der Waals surface area contributed by atoms with Crippen LogP contribution in [0.25, 0.3) is 0 Å². The summed E-state index contributed by atoms with van der Waals surface area (Å²) in [6.45, 7) is 0. The van der Waals surface area contributed by atoms with Gasteiger partial charge in [0.2, 0.25) is 0 Å². The largest absolute Gasteiger partial charge is 0.507 e. The number of benzene rings is 2. The molecule has 22 heavy (non-hydrogen) atoms. The van der Waals surface area contributed by atoms with Gasteiger partial charge in [0.15, 0.2) is 0 Å². The molecule has 0 aliphatic carbocycles. The van der Waals surface area contributed by atoms with Crippen molar-refractivity contribution in [2.75, 3.05) is 0 Å². The van der Waals surface area contributed by atoms with Crippen molar-refractivity contribution in [1.82, 2.24) is 0 Å². The van der Waals surface area contributed by atoms with E-state index in [1.165, 1.54) is 12.1 Å². The molecule has 0 fully saturated rings. The number of rotatable bonds is 4. The van der Waals surface area contributed by atoms with Crippen LogP contribution in [0.3, 0.4) is 0 Å². The monoisotopic (exact) mass is 308 g/mol. The predicted molar refractivity (Wildman–Crippen MR) is 74.3 cm³/mol. The third kappa shape index (κ3) is 3.18. The summed E-state index contributed by atoms with van der Waals surface area (Å²) in [7, 11) is 0. The third-order valence-electron chi connectivity index (χ3n) is 2.70. The van der Waals surface area contributed by atoms with E-state index in [2.05, 4.69) is 10.2 Å². The average molecular weight is 308 g/mol. The fourth-order valence-electron chi connectivity index (χ4n) is 1.63. The van der Waals surface area contributed by atoms with Gasteiger partial charge in [-0.25, -0.2) is 9.59 Å². The Kier molecular flexibility index (Phi) is 4.03. The van der Waals surface area contributed by atoms with Crippen LogP contribution in [0.2, 0.25) is 0 Å². The number of aromatic hydroxyl groups is 2. The maximum Gasteiger partial charge on any atom is 0.339 e. The minimum absolute atomic E-state index is 0.167. The smallest absolute Gasteiger partial charge is 0.339 e. The van der Waals surface area contributed by atoms with Gasteiger partial charge in [0.25, 0.3) is 0 Å². The van der Waals surface area contributed by atoms with E-state index in [0.717, 1.165) is 24.3 Å². The lowest BCUT2D eigenvalue weighted by Gasteiger charge is -2.01. The molecule has 0 unspecified atom stereocenters. The van der Waals surface area contributed by atoms with Gasteiger partial charge in [0.1, 0.15) is 22.6 Å². The second-order valence-electron chi connectivity index (χ2n) is 4.21. The second-order valence-corrected chi connectivity index (χ2v) is 4.21. The molecule has 0 spiro atoms. The highest BCUT2D eigenvalue weighted by molar-refractivity contribution is 5.92. The number of phenols is 2. The van der Waals surface area contributed by atoms with Gasteiger partial charge in [-0.1, -0.05) is 0 Å². The lowest BCUT2D eigenvalue weighted by Crippen LogP contribution is -1.96. The van der Waals surface area contributed by atoms with Crippen LogP contribution in [0.4, 0.5) is 11.4 Å². The molecule has 0 aliphatic heterocycles. The number of hydrogen-bond acceptors (Lipinski definition) is 6. The van der Waals surface area contributed by atoms with Gasteiger partial charge in [0, 0.05) is 0 Å². The van der Waals surface area contributed by atoms with Crippen molar-refractivity contribution in [2.24, 2.45) is 10.2 Å². The summed E-state index contributed by atoms with van der Waals surface area (Å²) in [4.78, 5) is 21.8. The van der Waals surface area contributed by atoms with Gasteiger partial charge in [-0.05, 0) is 36.4 Å². The fraction of sp³-hybridized carbons (Fsp3) is 0. The van der Waals surface area contributed by atoms with Gasteiger partial charge >= 0.3 is 11.9 Å². The van der Waals surface area contributed by atoms with E-state index in [-0.39, 0.29) is 22.5 Å². The molecule has 0 radical (unpaired) electrons. The Morgan fingerprint density at radius 3 is 1.41 bits per heavy atom. The minimum atomic E-state index is -1.31. The molecule has 0 saturated carbocycles. The number of carboxylic acid groups (broad SMARTS) is 2. The Balaban J connectivity index is 2.33. The van der Waals surface area contributed by atoms with Crippen LogP contribution in [0, 0.1) is 0 Å². The SMILES string of the molecule is O=C(O)c1cc(N=N[13c]2[13cH][13cH][13c](O)[13c](C(=O)O)[13cH]2)ccc1O. The first-order valence-corrected chi connectivity index (χ1v) is 5.93. The highest BCUT2D eigenvalue weighted by Gasteiger charge is 2.11. The van der Waals surface area contributed by atoms with Crippen molar-refractivity contribution in [3.8, 4) is 11.5 Å². The van der Waals surface area contributed by atoms with Gasteiger partial charge in [-0.2, -0.15) is 10.2 Å². The molecule has 112 valence electrons. The summed E-state index contributed by atoms with van der Waals surface area (Å²) in [5.74, 6) is -3.42. The number of carbonyl (C=O) groups is 2. The number of nitrogens with zero attached hydrogens (tertiary/aromatic N) is 2. The molecular formula is C14H10N2O6. The van der Waals surface area contributed by atoms with Crippen molar-refractivity contribution >= 4 is 23.3 Å². The summed E-state index contributed by atoms with van der Waals surface area (Å²) in [6, 6.07) is 7.28. The highest BCUT2D eigenvalue weighted by atomic mass is 16.4. The topological polar surface area (TPSA) is 140 Å². The zero-order valence-corrected chi connectivity index (χ0v) is 11.0. The molecule has 2 rings (SSSR count). The van der Waals surface area contributed by atoms with Gasteiger partial charge in [-0.3, -0.25) is 0 Å². The number of azo groups is 1. The third-order valence-corrected chi connectivity index (χ3v) is 2.70. The van der Waals surface area contributed by atoms with Crippen molar-refractivity contribution in [3.63, 3.8) is 0 Å². The molecule has 0 saturated heterocycles. The molecule has 0 aliphatic rings. The van der Waals surface area contributed by atoms with E-state index in [0.29, 0.717) is 0 Å². The molecular weight excluding hydrogens is 298 g/mol. The van der Waals surface area contributed by atoms with E-state index >= 15 is 0 Å². The molecule has 2 aromatic carbocycles. The van der Waals surface area contributed by atoms with Gasteiger partial charge < -0.3 is 20.4 Å². The lowest BCUT2D eigenvalue weighted by molar-refractivity contribution is 0.0682.